The number of carbonyl (C=O) groups is 1. The number of nitrogen functional groups attached to an aromatic ring is 1. The van der Waals surface area contributed by atoms with E-state index in [1.807, 2.05) is 13.8 Å². The monoisotopic (exact) mass is 284 g/mol. The molecule has 106 valence electrons. The third kappa shape index (κ3) is 2.98. The second-order valence-electron chi connectivity index (χ2n) is 5.28. The van der Waals surface area contributed by atoms with Gasteiger partial charge in [0.1, 0.15) is 10.7 Å². The predicted molar refractivity (Wildman–Crippen MR) is 76.4 cm³/mol. The number of nitrogens with zero attached hydrogens (tertiary/aromatic N) is 1. The summed E-state index contributed by atoms with van der Waals surface area (Å²) in [6.45, 7) is 3.95. The number of carbonyl (C=O) groups excluding carboxylic acids is 1. The summed E-state index contributed by atoms with van der Waals surface area (Å²) in [5, 5.41) is 16.0. The van der Waals surface area contributed by atoms with E-state index in [-0.39, 0.29) is 24.4 Å². The molecule has 0 radical (unpaired) electrons. The number of nitrogens with two attached hydrogens (primary N) is 1. The number of hydrogen-bond acceptors (Lipinski definition) is 6. The van der Waals surface area contributed by atoms with Gasteiger partial charge in [-0.2, -0.15) is 0 Å². The molecule has 0 aliphatic heterocycles. The number of amides is 1. The van der Waals surface area contributed by atoms with E-state index in [1.165, 1.54) is 11.3 Å². The molecule has 0 bridgehead atoms. The lowest BCUT2D eigenvalue weighted by Gasteiger charge is -2.40. The van der Waals surface area contributed by atoms with Crippen molar-refractivity contribution in [2.24, 2.45) is 0 Å². The van der Waals surface area contributed by atoms with Gasteiger partial charge in [-0.1, -0.05) is 11.3 Å². The van der Waals surface area contributed by atoms with Crippen LogP contribution in [0.4, 0.5) is 10.9 Å². The van der Waals surface area contributed by atoms with Gasteiger partial charge in [0.2, 0.25) is 0 Å². The molecule has 7 heteroatoms. The maximum Gasteiger partial charge on any atom is 0.265 e. The van der Waals surface area contributed by atoms with Crippen LogP contribution in [0.2, 0.25) is 0 Å². The van der Waals surface area contributed by atoms with Crippen molar-refractivity contribution in [1.82, 2.24) is 10.3 Å². The summed E-state index contributed by atoms with van der Waals surface area (Å²) in [5.41, 5.74) is 5.31. The zero-order valence-electron chi connectivity index (χ0n) is 11.2. The SMILES string of the molecule is CC(C)Nc1nc(N)c(C(=O)NC2(CO)CCC2)s1. The summed E-state index contributed by atoms with van der Waals surface area (Å²) in [6.07, 6.45) is 2.65. The van der Waals surface area contributed by atoms with Gasteiger partial charge in [-0.3, -0.25) is 4.79 Å². The fourth-order valence-corrected chi connectivity index (χ4v) is 2.95. The molecule has 1 saturated carbocycles. The largest absolute Gasteiger partial charge is 0.394 e. The zero-order valence-corrected chi connectivity index (χ0v) is 12.0. The molecule has 1 aromatic rings. The van der Waals surface area contributed by atoms with Crippen molar-refractivity contribution in [3.63, 3.8) is 0 Å². The Balaban J connectivity index is 2.08. The van der Waals surface area contributed by atoms with Crippen LogP contribution in [-0.4, -0.2) is 34.2 Å². The lowest BCUT2D eigenvalue weighted by molar-refractivity contribution is 0.0645. The highest BCUT2D eigenvalue weighted by molar-refractivity contribution is 7.18. The van der Waals surface area contributed by atoms with Crippen molar-refractivity contribution in [3.8, 4) is 0 Å². The van der Waals surface area contributed by atoms with E-state index < -0.39 is 5.54 Å². The Morgan fingerprint density at radius 1 is 1.58 bits per heavy atom. The second kappa shape index (κ2) is 5.34. The molecule has 1 aromatic heterocycles. The number of anilines is 2. The molecular weight excluding hydrogens is 264 g/mol. The number of thiazole rings is 1. The molecule has 0 unspecified atom stereocenters. The Labute approximate surface area is 116 Å². The Morgan fingerprint density at radius 2 is 2.26 bits per heavy atom. The van der Waals surface area contributed by atoms with E-state index in [1.54, 1.807) is 0 Å². The number of hydrogen-bond donors (Lipinski definition) is 4. The van der Waals surface area contributed by atoms with E-state index in [9.17, 15) is 9.90 Å². The lowest BCUT2D eigenvalue weighted by atomic mass is 9.77. The van der Waals surface area contributed by atoms with Gasteiger partial charge >= 0.3 is 0 Å². The first kappa shape index (κ1) is 14.1. The highest BCUT2D eigenvalue weighted by atomic mass is 32.1. The number of aliphatic hydroxyl groups is 1. The first-order valence-electron chi connectivity index (χ1n) is 6.42. The normalized spacial score (nSPS) is 17.1. The van der Waals surface area contributed by atoms with Crippen LogP contribution in [0.5, 0.6) is 0 Å². The van der Waals surface area contributed by atoms with Crippen LogP contribution in [0.25, 0.3) is 0 Å². The van der Waals surface area contributed by atoms with Crippen LogP contribution in [0.1, 0.15) is 42.8 Å². The smallest absolute Gasteiger partial charge is 0.265 e. The van der Waals surface area contributed by atoms with Crippen molar-refractivity contribution in [2.45, 2.75) is 44.7 Å². The first-order valence-corrected chi connectivity index (χ1v) is 7.24. The molecule has 1 fully saturated rings. The molecular formula is C12H20N4O2S. The standard InChI is InChI=1S/C12H20N4O2S/c1-7(2)14-11-15-9(13)8(19-11)10(18)16-12(6-17)4-3-5-12/h7,17H,3-6,13H2,1-2H3,(H,14,15)(H,16,18). The van der Waals surface area contributed by atoms with E-state index in [0.29, 0.717) is 10.0 Å². The molecule has 2 rings (SSSR count). The van der Waals surface area contributed by atoms with Crippen LogP contribution in [0, 0.1) is 0 Å². The third-order valence-electron chi connectivity index (χ3n) is 3.26. The fourth-order valence-electron chi connectivity index (χ4n) is 2.03. The summed E-state index contributed by atoms with van der Waals surface area (Å²) in [5.74, 6) is -0.0152. The molecule has 6 nitrogen and oxygen atoms in total. The molecule has 0 saturated heterocycles. The van der Waals surface area contributed by atoms with E-state index >= 15 is 0 Å². The maximum atomic E-state index is 12.2. The second-order valence-corrected chi connectivity index (χ2v) is 6.28. The topological polar surface area (TPSA) is 100 Å². The number of aromatic nitrogens is 1. The minimum absolute atomic E-state index is 0.0332. The van der Waals surface area contributed by atoms with Crippen LogP contribution in [-0.2, 0) is 0 Å². The van der Waals surface area contributed by atoms with Gasteiger partial charge in [-0.05, 0) is 33.1 Å². The predicted octanol–water partition coefficient (Wildman–Crippen LogP) is 1.19. The maximum absolute atomic E-state index is 12.2. The molecule has 1 aliphatic carbocycles. The van der Waals surface area contributed by atoms with Crippen LogP contribution < -0.4 is 16.4 Å². The Kier molecular flexibility index (Phi) is 3.96. The molecule has 0 atom stereocenters. The van der Waals surface area contributed by atoms with Gasteiger partial charge in [-0.25, -0.2) is 4.98 Å². The Morgan fingerprint density at radius 3 is 2.74 bits per heavy atom. The van der Waals surface area contributed by atoms with Gasteiger partial charge in [0, 0.05) is 6.04 Å². The Bertz CT molecular complexity index is 463. The number of nitrogens with one attached hydrogen (secondary N) is 2. The Hall–Kier alpha value is -1.34. The van der Waals surface area contributed by atoms with Crippen LogP contribution in [0.3, 0.4) is 0 Å². The summed E-state index contributed by atoms with van der Waals surface area (Å²) < 4.78 is 0. The van der Waals surface area contributed by atoms with Gasteiger partial charge in [0.05, 0.1) is 12.1 Å². The summed E-state index contributed by atoms with van der Waals surface area (Å²) in [4.78, 5) is 16.7. The molecule has 19 heavy (non-hydrogen) atoms. The molecule has 1 heterocycles. The number of rotatable bonds is 5. The average molecular weight is 284 g/mol. The summed E-state index contributed by atoms with van der Waals surface area (Å²) in [6, 6.07) is 0.233. The number of aliphatic hydroxyl groups excluding tert-OH is 1. The van der Waals surface area contributed by atoms with Crippen molar-refractivity contribution < 1.29 is 9.90 Å². The minimum atomic E-state index is -0.459. The molecule has 0 spiro atoms. The van der Waals surface area contributed by atoms with Gasteiger partial charge < -0.3 is 21.5 Å². The van der Waals surface area contributed by atoms with Crippen LogP contribution >= 0.6 is 11.3 Å². The molecule has 5 N–H and O–H groups in total. The van der Waals surface area contributed by atoms with Gasteiger partial charge in [-0.15, -0.1) is 0 Å². The summed E-state index contributed by atoms with van der Waals surface area (Å²) in [7, 11) is 0. The molecule has 1 aliphatic rings. The van der Waals surface area contributed by atoms with E-state index in [2.05, 4.69) is 15.6 Å². The minimum Gasteiger partial charge on any atom is -0.394 e. The van der Waals surface area contributed by atoms with Crippen molar-refractivity contribution in [2.75, 3.05) is 17.7 Å². The lowest BCUT2D eigenvalue weighted by Crippen LogP contribution is -2.56. The van der Waals surface area contributed by atoms with Gasteiger partial charge in [0.15, 0.2) is 5.13 Å². The highest BCUT2D eigenvalue weighted by Crippen LogP contribution is 2.33. The molecule has 1 amide bonds. The third-order valence-corrected chi connectivity index (χ3v) is 4.26. The van der Waals surface area contributed by atoms with Crippen molar-refractivity contribution in [3.05, 3.63) is 4.88 Å². The molecule has 0 aromatic carbocycles. The van der Waals surface area contributed by atoms with Gasteiger partial charge in [0.25, 0.3) is 5.91 Å². The van der Waals surface area contributed by atoms with Crippen LogP contribution in [0.15, 0.2) is 0 Å². The summed E-state index contributed by atoms with van der Waals surface area (Å²) >= 11 is 1.24. The van der Waals surface area contributed by atoms with Crippen molar-refractivity contribution >= 4 is 28.2 Å². The average Bonchev–Trinajstić information content (AvgIpc) is 2.63. The fraction of sp³-hybridized carbons (Fsp3) is 0.667. The van der Waals surface area contributed by atoms with E-state index in [4.69, 9.17) is 5.73 Å². The zero-order chi connectivity index (χ0) is 14.0. The quantitative estimate of drug-likeness (QED) is 0.651. The highest BCUT2D eigenvalue weighted by Gasteiger charge is 2.38. The van der Waals surface area contributed by atoms with E-state index in [0.717, 1.165) is 19.3 Å². The van der Waals surface area contributed by atoms with Crippen molar-refractivity contribution in [1.29, 1.82) is 0 Å². The first-order chi connectivity index (χ1) is 8.96.